The zero-order valence-electron chi connectivity index (χ0n) is 12.9. The second-order valence-electron chi connectivity index (χ2n) is 6.49. The second kappa shape index (κ2) is 6.58. The van der Waals surface area contributed by atoms with Crippen LogP contribution in [0.15, 0.2) is 29.2 Å². The van der Waals surface area contributed by atoms with Gasteiger partial charge in [0.2, 0.25) is 10.0 Å². The highest BCUT2D eigenvalue weighted by molar-refractivity contribution is 7.89. The van der Waals surface area contributed by atoms with Crippen molar-refractivity contribution >= 4 is 16.0 Å². The molecular weight excluding hydrogens is 290 g/mol. The van der Waals surface area contributed by atoms with Crippen LogP contribution < -0.4 is 4.72 Å². The van der Waals surface area contributed by atoms with Gasteiger partial charge in [-0.1, -0.05) is 38.5 Å². The highest BCUT2D eigenvalue weighted by Gasteiger charge is 2.26. The summed E-state index contributed by atoms with van der Waals surface area (Å²) in [4.78, 5) is 11.1. The summed E-state index contributed by atoms with van der Waals surface area (Å²) >= 11 is 0. The Kier molecular flexibility index (Phi) is 5.53. The van der Waals surface area contributed by atoms with E-state index >= 15 is 0 Å². The van der Waals surface area contributed by atoms with Crippen LogP contribution in [0.25, 0.3) is 0 Å². The molecule has 0 amide bonds. The van der Waals surface area contributed by atoms with Gasteiger partial charge >= 0.3 is 5.97 Å². The summed E-state index contributed by atoms with van der Waals surface area (Å²) in [6.45, 7) is 7.71. The Balaban J connectivity index is 2.95. The van der Waals surface area contributed by atoms with Crippen LogP contribution in [-0.4, -0.2) is 25.5 Å². The Labute approximate surface area is 126 Å². The fourth-order valence-corrected chi connectivity index (χ4v) is 3.35. The first kappa shape index (κ1) is 17.7. The first-order chi connectivity index (χ1) is 9.49. The van der Waals surface area contributed by atoms with Crippen LogP contribution in [0.4, 0.5) is 0 Å². The lowest BCUT2D eigenvalue weighted by Crippen LogP contribution is -2.39. The number of nitrogens with one attached hydrogen (secondary N) is 1. The Morgan fingerprint density at radius 2 is 1.76 bits per heavy atom. The summed E-state index contributed by atoms with van der Waals surface area (Å²) < 4.78 is 27.1. The highest BCUT2D eigenvalue weighted by atomic mass is 32.2. The SMILES string of the molecule is Cc1ccc(S(=O)(=O)NC(CC(=O)O)CC(C)(C)C)cc1. The van der Waals surface area contributed by atoms with Gasteiger partial charge in [0.15, 0.2) is 0 Å². The number of carboxylic acids is 1. The molecule has 5 nitrogen and oxygen atoms in total. The van der Waals surface area contributed by atoms with Crippen LogP contribution in [0, 0.1) is 12.3 Å². The number of rotatable bonds is 6. The Morgan fingerprint density at radius 3 is 2.19 bits per heavy atom. The van der Waals surface area contributed by atoms with E-state index in [1.165, 1.54) is 12.1 Å². The molecule has 0 heterocycles. The van der Waals surface area contributed by atoms with E-state index in [0.29, 0.717) is 6.42 Å². The molecule has 21 heavy (non-hydrogen) atoms. The van der Waals surface area contributed by atoms with E-state index < -0.39 is 22.0 Å². The summed E-state index contributed by atoms with van der Waals surface area (Å²) in [5.41, 5.74) is 0.793. The lowest BCUT2D eigenvalue weighted by Gasteiger charge is -2.25. The van der Waals surface area contributed by atoms with E-state index in [0.717, 1.165) is 5.56 Å². The molecule has 6 heteroatoms. The second-order valence-corrected chi connectivity index (χ2v) is 8.21. The average molecular weight is 313 g/mol. The number of benzene rings is 1. The third kappa shape index (κ3) is 6.27. The zero-order valence-corrected chi connectivity index (χ0v) is 13.7. The summed E-state index contributed by atoms with van der Waals surface area (Å²) in [6.07, 6.45) is 0.215. The van der Waals surface area contributed by atoms with Crippen LogP contribution in [0.5, 0.6) is 0 Å². The smallest absolute Gasteiger partial charge is 0.304 e. The molecule has 0 aliphatic carbocycles. The fourth-order valence-electron chi connectivity index (χ4n) is 2.11. The number of aliphatic carboxylic acids is 1. The standard InChI is InChI=1S/C15H23NO4S/c1-11-5-7-13(8-6-11)21(19,20)16-12(9-14(17)18)10-15(2,3)4/h5-8,12,16H,9-10H2,1-4H3,(H,17,18). The number of sulfonamides is 1. The van der Waals surface area contributed by atoms with Gasteiger partial charge in [0, 0.05) is 6.04 Å². The van der Waals surface area contributed by atoms with Gasteiger partial charge in [0.1, 0.15) is 0 Å². The quantitative estimate of drug-likeness (QED) is 0.845. The lowest BCUT2D eigenvalue weighted by atomic mass is 9.87. The van der Waals surface area contributed by atoms with Gasteiger partial charge in [-0.3, -0.25) is 4.79 Å². The van der Waals surface area contributed by atoms with Gasteiger partial charge in [-0.05, 0) is 30.9 Å². The van der Waals surface area contributed by atoms with Crippen molar-refractivity contribution in [3.8, 4) is 0 Å². The molecule has 0 aliphatic rings. The van der Waals surface area contributed by atoms with Crippen molar-refractivity contribution in [2.24, 2.45) is 5.41 Å². The van der Waals surface area contributed by atoms with E-state index in [1.54, 1.807) is 12.1 Å². The molecule has 1 aromatic carbocycles. The van der Waals surface area contributed by atoms with Crippen molar-refractivity contribution in [1.82, 2.24) is 4.72 Å². The van der Waals surface area contributed by atoms with Gasteiger partial charge in [0.05, 0.1) is 11.3 Å². The van der Waals surface area contributed by atoms with Gasteiger partial charge < -0.3 is 5.11 Å². The number of carboxylic acid groups (broad SMARTS) is 1. The van der Waals surface area contributed by atoms with Crippen LogP contribution in [-0.2, 0) is 14.8 Å². The zero-order chi connectivity index (χ0) is 16.3. The first-order valence-electron chi connectivity index (χ1n) is 6.80. The molecule has 1 aromatic rings. The maximum Gasteiger partial charge on any atom is 0.304 e. The normalized spacial score (nSPS) is 13.9. The molecule has 2 N–H and O–H groups in total. The van der Waals surface area contributed by atoms with E-state index in [9.17, 15) is 13.2 Å². The molecule has 0 fully saturated rings. The molecule has 0 spiro atoms. The van der Waals surface area contributed by atoms with Crippen molar-refractivity contribution in [3.05, 3.63) is 29.8 Å². The predicted octanol–water partition coefficient (Wildman–Crippen LogP) is 2.55. The van der Waals surface area contributed by atoms with Crippen LogP contribution in [0.3, 0.4) is 0 Å². The first-order valence-corrected chi connectivity index (χ1v) is 8.29. The maximum atomic E-state index is 12.3. The van der Waals surface area contributed by atoms with Gasteiger partial charge in [-0.15, -0.1) is 0 Å². The fraction of sp³-hybridized carbons (Fsp3) is 0.533. The molecular formula is C15H23NO4S. The predicted molar refractivity (Wildman–Crippen MR) is 81.6 cm³/mol. The van der Waals surface area contributed by atoms with Crippen LogP contribution >= 0.6 is 0 Å². The molecule has 0 aliphatic heterocycles. The van der Waals surface area contributed by atoms with E-state index in [-0.39, 0.29) is 16.7 Å². The molecule has 0 radical (unpaired) electrons. The third-order valence-corrected chi connectivity index (χ3v) is 4.47. The summed E-state index contributed by atoms with van der Waals surface area (Å²) in [5, 5.41) is 8.95. The monoisotopic (exact) mass is 313 g/mol. The lowest BCUT2D eigenvalue weighted by molar-refractivity contribution is -0.137. The minimum Gasteiger partial charge on any atom is -0.481 e. The molecule has 1 unspecified atom stereocenters. The van der Waals surface area contributed by atoms with Crippen LogP contribution in [0.1, 0.15) is 39.2 Å². The number of hydrogen-bond donors (Lipinski definition) is 2. The van der Waals surface area contributed by atoms with Crippen molar-refractivity contribution in [1.29, 1.82) is 0 Å². The van der Waals surface area contributed by atoms with Gasteiger partial charge in [0.25, 0.3) is 0 Å². The van der Waals surface area contributed by atoms with E-state index in [4.69, 9.17) is 5.11 Å². The molecule has 0 saturated carbocycles. The average Bonchev–Trinajstić information content (AvgIpc) is 2.25. The minimum atomic E-state index is -3.71. The minimum absolute atomic E-state index is 0.150. The molecule has 0 aromatic heterocycles. The maximum absolute atomic E-state index is 12.3. The third-order valence-electron chi connectivity index (χ3n) is 2.93. The van der Waals surface area contributed by atoms with Gasteiger partial charge in [-0.25, -0.2) is 13.1 Å². The topological polar surface area (TPSA) is 83.5 Å². The molecule has 0 bridgehead atoms. The molecule has 118 valence electrons. The van der Waals surface area contributed by atoms with Crippen molar-refractivity contribution in [2.45, 2.75) is 51.5 Å². The Morgan fingerprint density at radius 1 is 1.24 bits per heavy atom. The summed E-state index contributed by atoms with van der Waals surface area (Å²) in [7, 11) is -3.71. The Hall–Kier alpha value is -1.40. The summed E-state index contributed by atoms with van der Waals surface area (Å²) in [5.74, 6) is -1.02. The van der Waals surface area contributed by atoms with E-state index in [2.05, 4.69) is 4.72 Å². The van der Waals surface area contributed by atoms with Gasteiger partial charge in [-0.2, -0.15) is 0 Å². The number of carbonyl (C=O) groups is 1. The van der Waals surface area contributed by atoms with Crippen molar-refractivity contribution < 1.29 is 18.3 Å². The van der Waals surface area contributed by atoms with Crippen LogP contribution in [0.2, 0.25) is 0 Å². The summed E-state index contributed by atoms with van der Waals surface area (Å²) in [6, 6.07) is 5.84. The van der Waals surface area contributed by atoms with E-state index in [1.807, 2.05) is 27.7 Å². The van der Waals surface area contributed by atoms with Crippen molar-refractivity contribution in [2.75, 3.05) is 0 Å². The molecule has 0 saturated heterocycles. The Bertz CT molecular complexity index is 585. The van der Waals surface area contributed by atoms with Crippen molar-refractivity contribution in [3.63, 3.8) is 0 Å². The highest BCUT2D eigenvalue weighted by Crippen LogP contribution is 2.23. The largest absolute Gasteiger partial charge is 0.481 e. The number of aryl methyl sites for hydroxylation is 1. The molecule has 1 rings (SSSR count). The molecule has 1 atom stereocenters. The number of hydrogen-bond acceptors (Lipinski definition) is 3.